The summed E-state index contributed by atoms with van der Waals surface area (Å²) >= 11 is 0. The Bertz CT molecular complexity index is 402. The molecule has 1 fully saturated rings. The maximum Gasteiger partial charge on any atom is 0.0621 e. The SMILES string of the molecule is CN(C)CC(NC1CC(O)C1(C)C)c1ccccc1. The van der Waals surface area contributed by atoms with E-state index in [0.29, 0.717) is 12.1 Å². The van der Waals surface area contributed by atoms with Crippen molar-refractivity contribution in [3.63, 3.8) is 0 Å². The molecule has 1 aliphatic carbocycles. The van der Waals surface area contributed by atoms with Gasteiger partial charge >= 0.3 is 0 Å². The number of hydrogen-bond donors (Lipinski definition) is 2. The molecule has 3 unspecified atom stereocenters. The highest BCUT2D eigenvalue weighted by Gasteiger charge is 2.47. The Labute approximate surface area is 116 Å². The van der Waals surface area contributed by atoms with Gasteiger partial charge in [0.1, 0.15) is 0 Å². The van der Waals surface area contributed by atoms with Crippen molar-refractivity contribution in [1.82, 2.24) is 10.2 Å². The van der Waals surface area contributed by atoms with E-state index >= 15 is 0 Å². The molecule has 0 bridgehead atoms. The fraction of sp³-hybridized carbons (Fsp3) is 0.625. The summed E-state index contributed by atoms with van der Waals surface area (Å²) in [7, 11) is 4.19. The van der Waals surface area contributed by atoms with Gasteiger partial charge in [0, 0.05) is 24.0 Å². The lowest BCUT2D eigenvalue weighted by Gasteiger charge is -2.51. The normalized spacial score (nSPS) is 27.1. The summed E-state index contributed by atoms with van der Waals surface area (Å²) in [6.07, 6.45) is 0.671. The van der Waals surface area contributed by atoms with E-state index in [-0.39, 0.29) is 11.5 Å². The van der Waals surface area contributed by atoms with Gasteiger partial charge in [0.2, 0.25) is 0 Å². The molecule has 0 heterocycles. The quantitative estimate of drug-likeness (QED) is 0.852. The first-order valence-electron chi connectivity index (χ1n) is 7.05. The van der Waals surface area contributed by atoms with E-state index in [1.807, 2.05) is 6.07 Å². The molecule has 19 heavy (non-hydrogen) atoms. The molecule has 0 spiro atoms. The van der Waals surface area contributed by atoms with Crippen LogP contribution < -0.4 is 5.32 Å². The van der Waals surface area contributed by atoms with Gasteiger partial charge in [-0.25, -0.2) is 0 Å². The molecule has 1 aromatic rings. The predicted molar refractivity (Wildman–Crippen MR) is 79.1 cm³/mol. The number of benzene rings is 1. The second-order valence-corrected chi connectivity index (χ2v) is 6.52. The van der Waals surface area contributed by atoms with Crippen molar-refractivity contribution in [2.45, 2.75) is 38.5 Å². The predicted octanol–water partition coefficient (Wildman–Crippen LogP) is 2.04. The number of aliphatic hydroxyl groups is 1. The minimum atomic E-state index is -0.180. The van der Waals surface area contributed by atoms with Gasteiger partial charge in [0.05, 0.1) is 6.10 Å². The molecule has 1 aliphatic rings. The number of rotatable bonds is 5. The van der Waals surface area contributed by atoms with Crippen LogP contribution in [-0.2, 0) is 0 Å². The highest BCUT2D eigenvalue weighted by Crippen LogP contribution is 2.41. The fourth-order valence-corrected chi connectivity index (χ4v) is 2.73. The van der Waals surface area contributed by atoms with E-state index in [0.717, 1.165) is 13.0 Å². The smallest absolute Gasteiger partial charge is 0.0621 e. The maximum atomic E-state index is 9.86. The fourth-order valence-electron chi connectivity index (χ4n) is 2.73. The van der Waals surface area contributed by atoms with Crippen molar-refractivity contribution < 1.29 is 5.11 Å². The molecule has 0 aliphatic heterocycles. The largest absolute Gasteiger partial charge is 0.392 e. The zero-order valence-corrected chi connectivity index (χ0v) is 12.4. The molecule has 1 saturated carbocycles. The van der Waals surface area contributed by atoms with Crippen molar-refractivity contribution in [2.24, 2.45) is 5.41 Å². The molecule has 3 nitrogen and oxygen atoms in total. The third-order valence-electron chi connectivity index (χ3n) is 4.37. The summed E-state index contributed by atoms with van der Waals surface area (Å²) in [5, 5.41) is 13.6. The second kappa shape index (κ2) is 5.61. The van der Waals surface area contributed by atoms with E-state index in [1.54, 1.807) is 0 Å². The monoisotopic (exact) mass is 262 g/mol. The molecule has 2 rings (SSSR count). The van der Waals surface area contributed by atoms with Gasteiger partial charge < -0.3 is 15.3 Å². The highest BCUT2D eigenvalue weighted by molar-refractivity contribution is 5.20. The number of likely N-dealkylation sites (N-methyl/N-ethyl adjacent to an activating group) is 1. The highest BCUT2D eigenvalue weighted by atomic mass is 16.3. The van der Waals surface area contributed by atoms with Crippen LogP contribution in [0.3, 0.4) is 0 Å². The Morgan fingerprint density at radius 3 is 2.42 bits per heavy atom. The summed E-state index contributed by atoms with van der Waals surface area (Å²) in [6, 6.07) is 11.3. The van der Waals surface area contributed by atoms with E-state index in [9.17, 15) is 5.11 Å². The minimum Gasteiger partial charge on any atom is -0.392 e. The first kappa shape index (κ1) is 14.5. The Morgan fingerprint density at radius 2 is 1.95 bits per heavy atom. The van der Waals surface area contributed by atoms with Gasteiger partial charge in [-0.3, -0.25) is 0 Å². The van der Waals surface area contributed by atoms with Crippen LogP contribution >= 0.6 is 0 Å². The van der Waals surface area contributed by atoms with Crippen LogP contribution in [0.25, 0.3) is 0 Å². The zero-order valence-electron chi connectivity index (χ0n) is 12.4. The van der Waals surface area contributed by atoms with Crippen molar-refractivity contribution in [3.8, 4) is 0 Å². The van der Waals surface area contributed by atoms with Crippen LogP contribution in [0.1, 0.15) is 31.9 Å². The number of nitrogens with zero attached hydrogens (tertiary/aromatic N) is 1. The van der Waals surface area contributed by atoms with Crippen molar-refractivity contribution >= 4 is 0 Å². The Kier molecular flexibility index (Phi) is 4.29. The van der Waals surface area contributed by atoms with Gasteiger partial charge in [-0.15, -0.1) is 0 Å². The van der Waals surface area contributed by atoms with Crippen molar-refractivity contribution in [1.29, 1.82) is 0 Å². The van der Waals surface area contributed by atoms with E-state index in [4.69, 9.17) is 0 Å². The van der Waals surface area contributed by atoms with Crippen LogP contribution in [0.2, 0.25) is 0 Å². The maximum absolute atomic E-state index is 9.86. The van der Waals surface area contributed by atoms with Crippen LogP contribution in [0.5, 0.6) is 0 Å². The topological polar surface area (TPSA) is 35.5 Å². The Balaban J connectivity index is 2.07. The third-order valence-corrected chi connectivity index (χ3v) is 4.37. The second-order valence-electron chi connectivity index (χ2n) is 6.52. The van der Waals surface area contributed by atoms with Crippen LogP contribution in [0, 0.1) is 5.41 Å². The molecular weight excluding hydrogens is 236 g/mol. The number of nitrogens with one attached hydrogen (secondary N) is 1. The van der Waals surface area contributed by atoms with Gasteiger partial charge in [0.25, 0.3) is 0 Å². The average Bonchev–Trinajstić information content (AvgIpc) is 2.38. The lowest BCUT2D eigenvalue weighted by Crippen LogP contribution is -2.61. The summed E-state index contributed by atoms with van der Waals surface area (Å²) in [5.74, 6) is 0. The molecule has 0 radical (unpaired) electrons. The summed E-state index contributed by atoms with van der Waals surface area (Å²) < 4.78 is 0. The molecule has 3 atom stereocenters. The van der Waals surface area contributed by atoms with Crippen LogP contribution in [0.15, 0.2) is 30.3 Å². The van der Waals surface area contributed by atoms with Gasteiger partial charge in [-0.2, -0.15) is 0 Å². The molecule has 0 saturated heterocycles. The molecule has 2 N–H and O–H groups in total. The van der Waals surface area contributed by atoms with Crippen molar-refractivity contribution in [3.05, 3.63) is 35.9 Å². The first-order chi connectivity index (χ1) is 8.91. The van der Waals surface area contributed by atoms with E-state index in [1.165, 1.54) is 5.56 Å². The molecule has 106 valence electrons. The average molecular weight is 262 g/mol. The Morgan fingerprint density at radius 1 is 1.32 bits per heavy atom. The minimum absolute atomic E-state index is 0.0284. The van der Waals surface area contributed by atoms with E-state index in [2.05, 4.69) is 62.4 Å². The van der Waals surface area contributed by atoms with Gasteiger partial charge in [-0.1, -0.05) is 44.2 Å². The van der Waals surface area contributed by atoms with Gasteiger partial charge in [-0.05, 0) is 26.1 Å². The zero-order chi connectivity index (χ0) is 14.0. The molecule has 1 aromatic carbocycles. The summed E-state index contributed by atoms with van der Waals surface area (Å²) in [4.78, 5) is 2.20. The third kappa shape index (κ3) is 3.16. The lowest BCUT2D eigenvalue weighted by atomic mass is 9.64. The van der Waals surface area contributed by atoms with Crippen LogP contribution in [0.4, 0.5) is 0 Å². The first-order valence-corrected chi connectivity index (χ1v) is 7.05. The number of hydrogen-bond acceptors (Lipinski definition) is 3. The molecule has 0 aromatic heterocycles. The molecule has 0 amide bonds. The summed E-state index contributed by atoms with van der Waals surface area (Å²) in [6.45, 7) is 5.24. The Hall–Kier alpha value is -0.900. The lowest BCUT2D eigenvalue weighted by molar-refractivity contribution is -0.0767. The van der Waals surface area contributed by atoms with Crippen molar-refractivity contribution in [2.75, 3.05) is 20.6 Å². The summed E-state index contributed by atoms with van der Waals surface area (Å²) in [5.41, 5.74) is 1.28. The van der Waals surface area contributed by atoms with Crippen LogP contribution in [-0.4, -0.2) is 42.8 Å². The molecular formula is C16H26N2O. The number of aliphatic hydroxyl groups excluding tert-OH is 1. The van der Waals surface area contributed by atoms with E-state index < -0.39 is 0 Å². The molecule has 3 heteroatoms. The standard InChI is InChI=1S/C16H26N2O/c1-16(2)14(10-15(16)19)17-13(11-18(3)4)12-8-6-5-7-9-12/h5-9,13-15,17,19H,10-11H2,1-4H3. The van der Waals surface area contributed by atoms with Gasteiger partial charge in [0.15, 0.2) is 0 Å².